The van der Waals surface area contributed by atoms with Crippen molar-refractivity contribution < 1.29 is 23.9 Å². The van der Waals surface area contributed by atoms with E-state index in [1.807, 2.05) is 0 Å². The van der Waals surface area contributed by atoms with Crippen molar-refractivity contribution in [3.63, 3.8) is 0 Å². The molecular weight excluding hydrogens is 360 g/mol. The Bertz CT molecular complexity index is 960. The fourth-order valence-electron chi connectivity index (χ4n) is 2.44. The van der Waals surface area contributed by atoms with Crippen LogP contribution in [-0.2, 0) is 4.79 Å². The molecule has 0 atom stereocenters. The second kappa shape index (κ2) is 6.89. The minimum Gasteiger partial charge on any atom is -0.478 e. The van der Waals surface area contributed by atoms with E-state index in [1.165, 1.54) is 24.3 Å². The third-order valence-corrected chi connectivity index (χ3v) is 3.98. The standard InChI is InChI=1S/C18H13ClN2O5/c1-2-7-21-16(22)14(20-18(21)25)9-11-4-6-15(26-11)10-3-5-12(17(23)24)13(19)8-10/h2-6,8-9H,1,7H2,(H,20,25)(H,23,24)/b14-9+. The molecule has 0 aliphatic carbocycles. The van der Waals surface area contributed by atoms with E-state index in [1.54, 1.807) is 18.2 Å². The number of carboxylic acids is 1. The molecule has 0 saturated carbocycles. The molecule has 132 valence electrons. The molecule has 2 N–H and O–H groups in total. The van der Waals surface area contributed by atoms with Gasteiger partial charge in [0, 0.05) is 18.2 Å². The summed E-state index contributed by atoms with van der Waals surface area (Å²) in [7, 11) is 0. The second-order valence-electron chi connectivity index (χ2n) is 5.39. The van der Waals surface area contributed by atoms with E-state index in [4.69, 9.17) is 21.1 Å². The molecule has 2 aromatic rings. The van der Waals surface area contributed by atoms with Crippen LogP contribution in [0.2, 0.25) is 5.02 Å². The van der Waals surface area contributed by atoms with Crippen molar-refractivity contribution in [1.82, 2.24) is 10.2 Å². The highest BCUT2D eigenvalue weighted by Crippen LogP contribution is 2.28. The number of benzene rings is 1. The largest absolute Gasteiger partial charge is 0.478 e. The number of carboxylic acid groups (broad SMARTS) is 1. The molecule has 7 nitrogen and oxygen atoms in total. The fourth-order valence-corrected chi connectivity index (χ4v) is 2.70. The van der Waals surface area contributed by atoms with Gasteiger partial charge in [0.15, 0.2) is 0 Å². The predicted octanol–water partition coefficient (Wildman–Crippen LogP) is 3.38. The molecule has 1 aromatic heterocycles. The van der Waals surface area contributed by atoms with Gasteiger partial charge in [-0.2, -0.15) is 0 Å². The Kier molecular flexibility index (Phi) is 4.64. The molecule has 3 amide bonds. The first-order valence-electron chi connectivity index (χ1n) is 7.49. The van der Waals surface area contributed by atoms with Crippen LogP contribution in [0.3, 0.4) is 0 Å². The first-order chi connectivity index (χ1) is 12.4. The van der Waals surface area contributed by atoms with E-state index in [0.717, 1.165) is 4.90 Å². The molecule has 1 saturated heterocycles. The van der Waals surface area contributed by atoms with E-state index in [2.05, 4.69) is 11.9 Å². The highest BCUT2D eigenvalue weighted by Gasteiger charge is 2.32. The van der Waals surface area contributed by atoms with Gasteiger partial charge in [0.25, 0.3) is 5.91 Å². The maximum absolute atomic E-state index is 12.1. The van der Waals surface area contributed by atoms with Gasteiger partial charge in [-0.1, -0.05) is 23.7 Å². The van der Waals surface area contributed by atoms with Crippen LogP contribution in [0.25, 0.3) is 17.4 Å². The van der Waals surface area contributed by atoms with Gasteiger partial charge < -0.3 is 14.8 Å². The van der Waals surface area contributed by atoms with Gasteiger partial charge in [0.05, 0.1) is 10.6 Å². The number of amides is 3. The van der Waals surface area contributed by atoms with Crippen LogP contribution in [-0.4, -0.2) is 34.5 Å². The third-order valence-electron chi connectivity index (χ3n) is 3.67. The minimum atomic E-state index is -1.12. The van der Waals surface area contributed by atoms with Crippen LogP contribution in [0.1, 0.15) is 16.1 Å². The van der Waals surface area contributed by atoms with E-state index >= 15 is 0 Å². The lowest BCUT2D eigenvalue weighted by molar-refractivity contribution is -0.122. The molecule has 0 bridgehead atoms. The number of rotatable bonds is 5. The SMILES string of the molecule is C=CCN1C(=O)N/C(=C/c2ccc(-c3ccc(C(=O)O)c(Cl)c3)o2)C1=O. The maximum Gasteiger partial charge on any atom is 0.337 e. The number of imide groups is 1. The summed E-state index contributed by atoms with van der Waals surface area (Å²) in [5, 5.41) is 11.6. The Morgan fingerprint density at radius 2 is 2.08 bits per heavy atom. The zero-order valence-corrected chi connectivity index (χ0v) is 14.1. The summed E-state index contributed by atoms with van der Waals surface area (Å²) in [6.45, 7) is 3.61. The Morgan fingerprint density at radius 1 is 1.31 bits per heavy atom. The van der Waals surface area contributed by atoms with Gasteiger partial charge in [-0.15, -0.1) is 6.58 Å². The number of hydrogen-bond donors (Lipinski definition) is 2. The van der Waals surface area contributed by atoms with E-state index in [9.17, 15) is 14.4 Å². The number of carbonyl (C=O) groups excluding carboxylic acids is 2. The number of nitrogens with zero attached hydrogens (tertiary/aromatic N) is 1. The summed E-state index contributed by atoms with van der Waals surface area (Å²) in [5.41, 5.74) is 0.669. The lowest BCUT2D eigenvalue weighted by Crippen LogP contribution is -2.30. The number of urea groups is 1. The summed E-state index contributed by atoms with van der Waals surface area (Å²) < 4.78 is 5.64. The quantitative estimate of drug-likeness (QED) is 0.476. The van der Waals surface area contributed by atoms with Crippen molar-refractivity contribution in [1.29, 1.82) is 0 Å². The van der Waals surface area contributed by atoms with Crippen molar-refractivity contribution >= 4 is 35.6 Å². The molecule has 3 rings (SSSR count). The monoisotopic (exact) mass is 372 g/mol. The van der Waals surface area contributed by atoms with Gasteiger partial charge in [0.2, 0.25) is 0 Å². The van der Waals surface area contributed by atoms with Gasteiger partial charge in [-0.25, -0.2) is 9.59 Å². The lowest BCUT2D eigenvalue weighted by Gasteiger charge is -2.06. The Balaban J connectivity index is 1.86. The smallest absolute Gasteiger partial charge is 0.337 e. The first kappa shape index (κ1) is 17.5. The summed E-state index contributed by atoms with van der Waals surface area (Å²) in [4.78, 5) is 35.9. The molecule has 1 fully saturated rings. The van der Waals surface area contributed by atoms with Crippen LogP contribution in [0.4, 0.5) is 4.79 Å². The molecule has 1 aliphatic heterocycles. The van der Waals surface area contributed by atoms with Crippen LogP contribution < -0.4 is 5.32 Å². The number of nitrogens with one attached hydrogen (secondary N) is 1. The normalized spacial score (nSPS) is 15.4. The van der Waals surface area contributed by atoms with Crippen molar-refractivity contribution in [3.8, 4) is 11.3 Å². The molecule has 8 heteroatoms. The average molecular weight is 373 g/mol. The van der Waals surface area contributed by atoms with Crippen molar-refractivity contribution in [2.75, 3.05) is 6.54 Å². The highest BCUT2D eigenvalue weighted by atomic mass is 35.5. The molecule has 1 aliphatic rings. The van der Waals surface area contributed by atoms with E-state index in [-0.39, 0.29) is 22.8 Å². The molecule has 0 spiro atoms. The Morgan fingerprint density at radius 3 is 2.73 bits per heavy atom. The minimum absolute atomic E-state index is 0.00844. The number of aromatic carboxylic acids is 1. The van der Waals surface area contributed by atoms with Crippen molar-refractivity contribution in [2.45, 2.75) is 0 Å². The number of carbonyl (C=O) groups is 3. The van der Waals surface area contributed by atoms with Crippen molar-refractivity contribution in [3.05, 3.63) is 65.0 Å². The zero-order chi connectivity index (χ0) is 18.8. The molecule has 1 aromatic carbocycles. The average Bonchev–Trinajstić information content (AvgIpc) is 3.15. The molecule has 2 heterocycles. The third kappa shape index (κ3) is 3.25. The fraction of sp³-hybridized carbons (Fsp3) is 0.0556. The molecule has 0 unspecified atom stereocenters. The molecular formula is C18H13ClN2O5. The predicted molar refractivity (Wildman–Crippen MR) is 94.5 cm³/mol. The van der Waals surface area contributed by atoms with Crippen LogP contribution >= 0.6 is 11.6 Å². The molecule has 26 heavy (non-hydrogen) atoms. The Labute approximate surface area is 153 Å². The highest BCUT2D eigenvalue weighted by molar-refractivity contribution is 6.33. The van der Waals surface area contributed by atoms with Crippen LogP contribution in [0.5, 0.6) is 0 Å². The maximum atomic E-state index is 12.1. The van der Waals surface area contributed by atoms with Gasteiger partial charge in [-0.3, -0.25) is 9.69 Å². The van der Waals surface area contributed by atoms with E-state index < -0.39 is 17.9 Å². The zero-order valence-electron chi connectivity index (χ0n) is 13.4. The first-order valence-corrected chi connectivity index (χ1v) is 7.87. The number of furan rings is 1. The summed E-state index contributed by atoms with van der Waals surface area (Å²) in [6, 6.07) is 7.19. The Hall–Kier alpha value is -3.32. The van der Waals surface area contributed by atoms with E-state index in [0.29, 0.717) is 17.1 Å². The van der Waals surface area contributed by atoms with Crippen LogP contribution in [0.15, 0.2) is 53.1 Å². The summed E-state index contributed by atoms with van der Waals surface area (Å²) in [5.74, 6) is -0.800. The van der Waals surface area contributed by atoms with Crippen molar-refractivity contribution in [2.24, 2.45) is 0 Å². The summed E-state index contributed by atoms with van der Waals surface area (Å²) >= 11 is 5.96. The van der Waals surface area contributed by atoms with Gasteiger partial charge >= 0.3 is 12.0 Å². The number of hydrogen-bond acceptors (Lipinski definition) is 4. The topological polar surface area (TPSA) is 99.8 Å². The second-order valence-corrected chi connectivity index (χ2v) is 5.80. The van der Waals surface area contributed by atoms with Crippen LogP contribution in [0, 0.1) is 0 Å². The molecule has 0 radical (unpaired) electrons. The number of halogens is 1. The van der Waals surface area contributed by atoms with Gasteiger partial charge in [0.1, 0.15) is 17.2 Å². The van der Waals surface area contributed by atoms with Gasteiger partial charge in [-0.05, 0) is 24.3 Å². The lowest BCUT2D eigenvalue weighted by atomic mass is 10.1. The summed E-state index contributed by atoms with van der Waals surface area (Å²) in [6.07, 6.45) is 2.87.